The topological polar surface area (TPSA) is 20.3 Å². The Hall–Kier alpha value is -0.370. The van der Waals surface area contributed by atoms with Crippen molar-refractivity contribution >= 4 is 6.29 Å². The van der Waals surface area contributed by atoms with E-state index in [1.54, 1.807) is 0 Å². The lowest BCUT2D eigenvalue weighted by atomic mass is 9.74. The van der Waals surface area contributed by atoms with Gasteiger partial charge in [-0.2, -0.15) is 0 Å². The van der Waals surface area contributed by atoms with Gasteiger partial charge in [0.05, 0.1) is 0 Å². The maximum Gasteiger partial charge on any atom is 0.127 e. The van der Waals surface area contributed by atoms with E-state index in [2.05, 4.69) is 11.9 Å². The molecule has 3 unspecified atom stereocenters. The van der Waals surface area contributed by atoms with Gasteiger partial charge in [-0.3, -0.25) is 0 Å². The Kier molecular flexibility index (Phi) is 3.98. The van der Waals surface area contributed by atoms with Gasteiger partial charge in [-0.05, 0) is 56.9 Å². The first-order valence-corrected chi connectivity index (χ1v) is 8.36. The summed E-state index contributed by atoms with van der Waals surface area (Å²) in [6.45, 7) is 2.24. The molecule has 2 nitrogen and oxygen atoms in total. The average molecular weight is 263 g/mol. The molecular weight excluding hydrogens is 234 g/mol. The highest BCUT2D eigenvalue weighted by Crippen LogP contribution is 2.48. The van der Waals surface area contributed by atoms with E-state index in [0.29, 0.717) is 0 Å². The second kappa shape index (κ2) is 5.55. The van der Waals surface area contributed by atoms with Crippen LogP contribution < -0.4 is 0 Å². The van der Waals surface area contributed by atoms with Gasteiger partial charge >= 0.3 is 0 Å². The third kappa shape index (κ3) is 2.89. The number of hydrogen-bond acceptors (Lipinski definition) is 2. The first-order valence-electron chi connectivity index (χ1n) is 8.36. The van der Waals surface area contributed by atoms with Crippen molar-refractivity contribution in [3.63, 3.8) is 0 Å². The van der Waals surface area contributed by atoms with Crippen molar-refractivity contribution in [1.82, 2.24) is 4.90 Å². The van der Waals surface area contributed by atoms with Crippen LogP contribution in [0.25, 0.3) is 0 Å². The smallest absolute Gasteiger partial charge is 0.127 e. The van der Waals surface area contributed by atoms with Crippen LogP contribution in [0.2, 0.25) is 0 Å². The lowest BCUT2D eigenvalue weighted by Gasteiger charge is -2.37. The van der Waals surface area contributed by atoms with E-state index in [4.69, 9.17) is 0 Å². The van der Waals surface area contributed by atoms with Crippen LogP contribution in [0.4, 0.5) is 0 Å². The van der Waals surface area contributed by atoms with Gasteiger partial charge in [-0.1, -0.05) is 25.7 Å². The highest BCUT2D eigenvalue weighted by atomic mass is 16.1. The van der Waals surface area contributed by atoms with E-state index in [9.17, 15) is 4.79 Å². The fraction of sp³-hybridized carbons (Fsp3) is 0.941. The lowest BCUT2D eigenvalue weighted by Crippen LogP contribution is -2.41. The highest BCUT2D eigenvalue weighted by molar-refractivity contribution is 5.60. The molecule has 3 rings (SSSR count). The first-order chi connectivity index (χ1) is 9.21. The zero-order chi connectivity index (χ0) is 13.3. The molecule has 3 saturated carbocycles. The molecule has 3 aliphatic carbocycles. The SMILES string of the molecule is CN(CC1CC2CCC1C2)CC1(C=O)CCCCC1. The number of aldehydes is 1. The predicted molar refractivity (Wildman–Crippen MR) is 78.0 cm³/mol. The molecule has 0 aromatic carbocycles. The highest BCUT2D eigenvalue weighted by Gasteiger charge is 2.40. The van der Waals surface area contributed by atoms with Crippen LogP contribution >= 0.6 is 0 Å². The maximum atomic E-state index is 11.6. The van der Waals surface area contributed by atoms with Gasteiger partial charge in [-0.15, -0.1) is 0 Å². The first kappa shape index (κ1) is 13.6. The van der Waals surface area contributed by atoms with Gasteiger partial charge in [0.25, 0.3) is 0 Å². The molecule has 0 N–H and O–H groups in total. The maximum absolute atomic E-state index is 11.6. The van der Waals surface area contributed by atoms with Crippen LogP contribution in [0.15, 0.2) is 0 Å². The Morgan fingerprint density at radius 3 is 2.53 bits per heavy atom. The van der Waals surface area contributed by atoms with E-state index < -0.39 is 0 Å². The fourth-order valence-corrected chi connectivity index (χ4v) is 5.17. The summed E-state index contributed by atoms with van der Waals surface area (Å²) in [5.41, 5.74) is -0.00931. The van der Waals surface area contributed by atoms with Crippen molar-refractivity contribution in [1.29, 1.82) is 0 Å². The van der Waals surface area contributed by atoms with Crippen LogP contribution in [0, 0.1) is 23.2 Å². The second-order valence-electron chi connectivity index (χ2n) is 7.67. The number of carbonyl (C=O) groups is 1. The number of fused-ring (bicyclic) bond motifs is 2. The Morgan fingerprint density at radius 2 is 1.95 bits per heavy atom. The molecule has 3 atom stereocenters. The van der Waals surface area contributed by atoms with E-state index in [1.165, 1.54) is 57.8 Å². The summed E-state index contributed by atoms with van der Waals surface area (Å²) in [5, 5.41) is 0. The van der Waals surface area contributed by atoms with E-state index in [1.807, 2.05) is 0 Å². The van der Waals surface area contributed by atoms with Crippen molar-refractivity contribution in [2.45, 2.75) is 57.8 Å². The summed E-state index contributed by atoms with van der Waals surface area (Å²) in [5.74, 6) is 2.97. The number of rotatable bonds is 5. The number of carbonyl (C=O) groups excluding carboxylic acids is 1. The third-order valence-corrected chi connectivity index (χ3v) is 6.11. The zero-order valence-corrected chi connectivity index (χ0v) is 12.4. The molecule has 0 saturated heterocycles. The Balaban J connectivity index is 1.52. The molecular formula is C17H29NO. The molecule has 0 heterocycles. The lowest BCUT2D eigenvalue weighted by molar-refractivity contribution is -0.119. The van der Waals surface area contributed by atoms with Crippen molar-refractivity contribution in [2.75, 3.05) is 20.1 Å². The molecule has 108 valence electrons. The van der Waals surface area contributed by atoms with Gasteiger partial charge < -0.3 is 9.69 Å². The minimum Gasteiger partial charge on any atom is -0.305 e. The molecule has 0 aromatic heterocycles. The Morgan fingerprint density at radius 1 is 1.16 bits per heavy atom. The van der Waals surface area contributed by atoms with Crippen LogP contribution in [0.5, 0.6) is 0 Å². The minimum absolute atomic E-state index is 0.00931. The van der Waals surface area contributed by atoms with Gasteiger partial charge in [0.1, 0.15) is 6.29 Å². The van der Waals surface area contributed by atoms with Crippen molar-refractivity contribution in [2.24, 2.45) is 23.2 Å². The quantitative estimate of drug-likeness (QED) is 0.708. The van der Waals surface area contributed by atoms with Gasteiger partial charge in [0.2, 0.25) is 0 Å². The molecule has 0 amide bonds. The number of nitrogens with zero attached hydrogens (tertiary/aromatic N) is 1. The molecule has 0 aliphatic heterocycles. The standard InChI is InChI=1S/C17H29NO/c1-18(11-16-10-14-5-6-15(16)9-14)12-17(13-19)7-3-2-4-8-17/h13-16H,2-12H2,1H3. The molecule has 3 fully saturated rings. The van der Waals surface area contributed by atoms with E-state index >= 15 is 0 Å². The van der Waals surface area contributed by atoms with Gasteiger partial charge in [0.15, 0.2) is 0 Å². The summed E-state index contributed by atoms with van der Waals surface area (Å²) in [4.78, 5) is 14.0. The summed E-state index contributed by atoms with van der Waals surface area (Å²) in [6, 6.07) is 0. The molecule has 0 aromatic rings. The van der Waals surface area contributed by atoms with Crippen LogP contribution in [-0.2, 0) is 4.79 Å². The van der Waals surface area contributed by atoms with E-state index in [0.717, 1.165) is 37.1 Å². The monoisotopic (exact) mass is 263 g/mol. The Labute approximate surface area is 117 Å². The molecule has 2 bridgehead atoms. The molecule has 2 heteroatoms. The average Bonchev–Trinajstić information content (AvgIpc) is 3.02. The number of hydrogen-bond donors (Lipinski definition) is 0. The second-order valence-corrected chi connectivity index (χ2v) is 7.67. The Bertz CT molecular complexity index is 321. The predicted octanol–water partition coefficient (Wildman–Crippen LogP) is 3.50. The van der Waals surface area contributed by atoms with Crippen LogP contribution in [0.3, 0.4) is 0 Å². The molecule has 0 spiro atoms. The summed E-state index contributed by atoms with van der Waals surface area (Å²) >= 11 is 0. The van der Waals surface area contributed by atoms with Gasteiger partial charge in [0, 0.05) is 18.5 Å². The van der Waals surface area contributed by atoms with Crippen molar-refractivity contribution in [3.05, 3.63) is 0 Å². The fourth-order valence-electron chi connectivity index (χ4n) is 5.17. The molecule has 19 heavy (non-hydrogen) atoms. The summed E-state index contributed by atoms with van der Waals surface area (Å²) in [7, 11) is 2.24. The normalized spacial score (nSPS) is 36.8. The van der Waals surface area contributed by atoms with Crippen LogP contribution in [-0.4, -0.2) is 31.3 Å². The zero-order valence-electron chi connectivity index (χ0n) is 12.4. The van der Waals surface area contributed by atoms with E-state index in [-0.39, 0.29) is 5.41 Å². The summed E-state index contributed by atoms with van der Waals surface area (Å²) in [6.07, 6.45) is 13.3. The van der Waals surface area contributed by atoms with Crippen molar-refractivity contribution < 1.29 is 4.79 Å². The molecule has 3 aliphatic rings. The minimum atomic E-state index is -0.00931. The third-order valence-electron chi connectivity index (χ3n) is 6.11. The summed E-state index contributed by atoms with van der Waals surface area (Å²) < 4.78 is 0. The van der Waals surface area contributed by atoms with Crippen molar-refractivity contribution in [3.8, 4) is 0 Å². The van der Waals surface area contributed by atoms with Gasteiger partial charge in [-0.25, -0.2) is 0 Å². The molecule has 0 radical (unpaired) electrons. The van der Waals surface area contributed by atoms with Crippen LogP contribution in [0.1, 0.15) is 57.8 Å². The largest absolute Gasteiger partial charge is 0.305 e.